The van der Waals surface area contributed by atoms with Crippen molar-refractivity contribution in [1.82, 2.24) is 0 Å². The highest BCUT2D eigenvalue weighted by Crippen LogP contribution is 2.26. The fourth-order valence-corrected chi connectivity index (χ4v) is 1.89. The van der Waals surface area contributed by atoms with E-state index in [1.54, 1.807) is 31.2 Å². The molecule has 0 aliphatic carbocycles. The van der Waals surface area contributed by atoms with Crippen LogP contribution >= 0.6 is 0 Å². The average Bonchev–Trinajstić information content (AvgIpc) is 2.49. The van der Waals surface area contributed by atoms with Crippen LogP contribution in [0.5, 0.6) is 11.5 Å². The van der Waals surface area contributed by atoms with Crippen molar-refractivity contribution >= 4 is 17.3 Å². The second-order valence-electron chi connectivity index (χ2n) is 5.22. The molecule has 22 heavy (non-hydrogen) atoms. The SMILES string of the molecule is C[C@H](Nc1ccc(Oc2cccc(N(C)C)c2)cc1)C(=O)O. The number of aliphatic carboxylic acids is 1. The first kappa shape index (κ1) is 15.7. The zero-order valence-electron chi connectivity index (χ0n) is 12.9. The van der Waals surface area contributed by atoms with Crippen molar-refractivity contribution in [2.24, 2.45) is 0 Å². The summed E-state index contributed by atoms with van der Waals surface area (Å²) in [5, 5.41) is 11.8. The second-order valence-corrected chi connectivity index (χ2v) is 5.22. The van der Waals surface area contributed by atoms with Crippen LogP contribution in [0, 0.1) is 0 Å². The highest BCUT2D eigenvalue weighted by molar-refractivity contribution is 5.76. The van der Waals surface area contributed by atoms with Gasteiger partial charge in [0, 0.05) is 31.5 Å². The molecule has 5 heteroatoms. The highest BCUT2D eigenvalue weighted by Gasteiger charge is 2.09. The average molecular weight is 300 g/mol. The van der Waals surface area contributed by atoms with Gasteiger partial charge < -0.3 is 20.1 Å². The minimum Gasteiger partial charge on any atom is -0.480 e. The van der Waals surface area contributed by atoms with Gasteiger partial charge in [0.25, 0.3) is 0 Å². The Morgan fingerprint density at radius 1 is 1.14 bits per heavy atom. The van der Waals surface area contributed by atoms with E-state index < -0.39 is 12.0 Å². The van der Waals surface area contributed by atoms with Crippen molar-refractivity contribution in [3.8, 4) is 11.5 Å². The van der Waals surface area contributed by atoms with Crippen LogP contribution in [0.3, 0.4) is 0 Å². The molecular weight excluding hydrogens is 280 g/mol. The Labute approximate surface area is 130 Å². The Hall–Kier alpha value is -2.69. The maximum atomic E-state index is 10.8. The van der Waals surface area contributed by atoms with Crippen molar-refractivity contribution in [1.29, 1.82) is 0 Å². The van der Waals surface area contributed by atoms with E-state index in [0.29, 0.717) is 5.75 Å². The largest absolute Gasteiger partial charge is 0.480 e. The molecule has 0 bridgehead atoms. The monoisotopic (exact) mass is 300 g/mol. The summed E-state index contributed by atoms with van der Waals surface area (Å²) in [7, 11) is 3.95. The summed E-state index contributed by atoms with van der Waals surface area (Å²) in [5.74, 6) is 0.566. The Balaban J connectivity index is 2.05. The molecular formula is C17H20N2O3. The second kappa shape index (κ2) is 6.85. The van der Waals surface area contributed by atoms with Crippen LogP contribution in [0.4, 0.5) is 11.4 Å². The maximum absolute atomic E-state index is 10.8. The van der Waals surface area contributed by atoms with E-state index >= 15 is 0 Å². The van der Waals surface area contributed by atoms with Gasteiger partial charge in [0.15, 0.2) is 0 Å². The zero-order valence-corrected chi connectivity index (χ0v) is 12.9. The summed E-state index contributed by atoms with van der Waals surface area (Å²) >= 11 is 0. The van der Waals surface area contributed by atoms with Crippen molar-refractivity contribution in [3.63, 3.8) is 0 Å². The van der Waals surface area contributed by atoms with Crippen LogP contribution in [0.15, 0.2) is 48.5 Å². The molecule has 0 heterocycles. The molecule has 2 rings (SSSR count). The predicted octanol–water partition coefficient (Wildman–Crippen LogP) is 3.43. The molecule has 0 aliphatic rings. The Morgan fingerprint density at radius 2 is 1.82 bits per heavy atom. The Morgan fingerprint density at radius 3 is 2.41 bits per heavy atom. The number of benzene rings is 2. The highest BCUT2D eigenvalue weighted by atomic mass is 16.5. The van der Waals surface area contributed by atoms with Gasteiger partial charge in [-0.3, -0.25) is 4.79 Å². The molecule has 0 amide bonds. The van der Waals surface area contributed by atoms with Gasteiger partial charge in [-0.05, 0) is 43.3 Å². The lowest BCUT2D eigenvalue weighted by atomic mass is 10.2. The molecule has 116 valence electrons. The van der Waals surface area contributed by atoms with Crippen molar-refractivity contribution in [2.75, 3.05) is 24.3 Å². The molecule has 0 saturated heterocycles. The van der Waals surface area contributed by atoms with E-state index in [2.05, 4.69) is 5.32 Å². The lowest BCUT2D eigenvalue weighted by Gasteiger charge is -2.14. The molecule has 2 N–H and O–H groups in total. The topological polar surface area (TPSA) is 61.8 Å². The van der Waals surface area contributed by atoms with Gasteiger partial charge in [0.2, 0.25) is 0 Å². The smallest absolute Gasteiger partial charge is 0.325 e. The van der Waals surface area contributed by atoms with E-state index in [1.807, 2.05) is 43.3 Å². The molecule has 0 aliphatic heterocycles. The fourth-order valence-electron chi connectivity index (χ4n) is 1.89. The number of nitrogens with zero attached hydrogens (tertiary/aromatic N) is 1. The molecule has 2 aromatic rings. The number of ether oxygens (including phenoxy) is 1. The van der Waals surface area contributed by atoms with Crippen molar-refractivity contribution in [2.45, 2.75) is 13.0 Å². The van der Waals surface area contributed by atoms with E-state index in [0.717, 1.165) is 17.1 Å². The standard InChI is InChI=1S/C17H20N2O3/c1-12(17(20)21)18-13-7-9-15(10-8-13)22-16-6-4-5-14(11-16)19(2)3/h4-12,18H,1-3H3,(H,20,21)/t12-/m0/s1. The molecule has 5 nitrogen and oxygen atoms in total. The fraction of sp³-hybridized carbons (Fsp3) is 0.235. The lowest BCUT2D eigenvalue weighted by Crippen LogP contribution is -2.25. The van der Waals surface area contributed by atoms with Crippen molar-refractivity contribution < 1.29 is 14.6 Å². The molecule has 2 aromatic carbocycles. The van der Waals surface area contributed by atoms with Gasteiger partial charge in [-0.25, -0.2) is 0 Å². The van der Waals surface area contributed by atoms with Gasteiger partial charge in [-0.2, -0.15) is 0 Å². The zero-order chi connectivity index (χ0) is 16.1. The predicted molar refractivity (Wildman–Crippen MR) is 88.0 cm³/mol. The van der Waals surface area contributed by atoms with Gasteiger partial charge in [0.1, 0.15) is 17.5 Å². The van der Waals surface area contributed by atoms with Crippen molar-refractivity contribution in [3.05, 3.63) is 48.5 Å². The Bertz CT molecular complexity index is 639. The Kier molecular flexibility index (Phi) is 4.88. The number of rotatable bonds is 6. The van der Waals surface area contributed by atoms with Crippen LogP contribution in [0.1, 0.15) is 6.92 Å². The normalized spacial score (nSPS) is 11.6. The number of carboxylic acid groups (broad SMARTS) is 1. The summed E-state index contributed by atoms with van der Waals surface area (Å²) in [5.41, 5.74) is 1.80. The van der Waals surface area contributed by atoms with E-state index in [4.69, 9.17) is 9.84 Å². The lowest BCUT2D eigenvalue weighted by molar-refractivity contribution is -0.137. The number of nitrogens with one attached hydrogen (secondary N) is 1. The first-order valence-corrected chi connectivity index (χ1v) is 7.00. The van der Waals surface area contributed by atoms with Gasteiger partial charge >= 0.3 is 5.97 Å². The van der Waals surface area contributed by atoms with Crippen LogP contribution in [-0.4, -0.2) is 31.2 Å². The number of carboxylic acids is 1. The van der Waals surface area contributed by atoms with E-state index in [1.165, 1.54) is 0 Å². The first-order valence-electron chi connectivity index (χ1n) is 7.00. The minimum absolute atomic E-state index is 0.636. The quantitative estimate of drug-likeness (QED) is 0.856. The third-order valence-electron chi connectivity index (χ3n) is 3.18. The summed E-state index contributed by atoms with van der Waals surface area (Å²) < 4.78 is 5.81. The maximum Gasteiger partial charge on any atom is 0.325 e. The van der Waals surface area contributed by atoms with Crippen LogP contribution in [-0.2, 0) is 4.79 Å². The summed E-state index contributed by atoms with van der Waals surface area (Å²) in [4.78, 5) is 12.8. The summed E-state index contributed by atoms with van der Waals surface area (Å²) in [6.45, 7) is 1.60. The molecule has 0 radical (unpaired) electrons. The minimum atomic E-state index is -0.888. The molecule has 0 saturated carbocycles. The van der Waals surface area contributed by atoms with Gasteiger partial charge in [-0.1, -0.05) is 6.07 Å². The van der Waals surface area contributed by atoms with Crippen LogP contribution in [0.2, 0.25) is 0 Å². The van der Waals surface area contributed by atoms with E-state index in [9.17, 15) is 4.79 Å². The molecule has 0 fully saturated rings. The summed E-state index contributed by atoms with van der Waals surface area (Å²) in [6.07, 6.45) is 0. The van der Waals surface area contributed by atoms with E-state index in [-0.39, 0.29) is 0 Å². The van der Waals surface area contributed by atoms with Gasteiger partial charge in [-0.15, -0.1) is 0 Å². The van der Waals surface area contributed by atoms with Crippen LogP contribution < -0.4 is 15.0 Å². The number of carbonyl (C=O) groups is 1. The number of anilines is 2. The third-order valence-corrected chi connectivity index (χ3v) is 3.18. The molecule has 0 unspecified atom stereocenters. The summed E-state index contributed by atoms with van der Waals surface area (Å²) in [6, 6.07) is 14.4. The van der Waals surface area contributed by atoms with Crippen LogP contribution in [0.25, 0.3) is 0 Å². The third kappa shape index (κ3) is 4.15. The molecule has 0 spiro atoms. The molecule has 0 aromatic heterocycles. The first-order chi connectivity index (χ1) is 10.5. The van der Waals surface area contributed by atoms with Gasteiger partial charge in [0.05, 0.1) is 0 Å². The number of hydrogen-bond donors (Lipinski definition) is 2. The number of hydrogen-bond acceptors (Lipinski definition) is 4. The molecule has 1 atom stereocenters.